The van der Waals surface area contributed by atoms with Crippen molar-refractivity contribution in [2.75, 3.05) is 19.2 Å². The molecular formula is C15H12FNO4. The Kier molecular flexibility index (Phi) is 3.35. The lowest BCUT2D eigenvalue weighted by Gasteiger charge is -2.10. The van der Waals surface area contributed by atoms with Gasteiger partial charge in [0.15, 0.2) is 11.5 Å². The van der Waals surface area contributed by atoms with Crippen LogP contribution >= 0.6 is 0 Å². The molecule has 0 bridgehead atoms. The standard InChI is InChI=1S/C15H12FNO4/c1-19-12-4-2-9(16)6-11(12)15(18)17-10-3-5-13-14(7-10)21-8-20-13/h2-7H,8H2,1H3,(H,17,18). The highest BCUT2D eigenvalue weighted by Gasteiger charge is 2.17. The number of carbonyl (C=O) groups excluding carboxylic acids is 1. The molecule has 1 heterocycles. The molecule has 1 N–H and O–H groups in total. The Morgan fingerprint density at radius 2 is 2.00 bits per heavy atom. The third kappa shape index (κ3) is 2.60. The number of hydrogen-bond acceptors (Lipinski definition) is 4. The summed E-state index contributed by atoms with van der Waals surface area (Å²) >= 11 is 0. The topological polar surface area (TPSA) is 56.8 Å². The van der Waals surface area contributed by atoms with Crippen molar-refractivity contribution in [3.63, 3.8) is 0 Å². The van der Waals surface area contributed by atoms with Crippen LogP contribution in [-0.4, -0.2) is 19.8 Å². The Morgan fingerprint density at radius 3 is 2.81 bits per heavy atom. The first kappa shape index (κ1) is 13.2. The van der Waals surface area contributed by atoms with Gasteiger partial charge in [-0.05, 0) is 30.3 Å². The number of fused-ring (bicyclic) bond motifs is 1. The Morgan fingerprint density at radius 1 is 1.19 bits per heavy atom. The van der Waals surface area contributed by atoms with Gasteiger partial charge in [-0.2, -0.15) is 0 Å². The Hall–Kier alpha value is -2.76. The second kappa shape index (κ2) is 5.32. The molecule has 108 valence electrons. The number of nitrogens with one attached hydrogen (secondary N) is 1. The quantitative estimate of drug-likeness (QED) is 0.944. The monoisotopic (exact) mass is 289 g/mol. The zero-order chi connectivity index (χ0) is 14.8. The normalized spacial score (nSPS) is 12.1. The zero-order valence-electron chi connectivity index (χ0n) is 11.2. The van der Waals surface area contributed by atoms with Crippen LogP contribution in [0.4, 0.5) is 10.1 Å². The maximum atomic E-state index is 13.3. The molecular weight excluding hydrogens is 277 g/mol. The molecule has 1 aliphatic heterocycles. The summed E-state index contributed by atoms with van der Waals surface area (Å²) in [6.45, 7) is 0.157. The van der Waals surface area contributed by atoms with Crippen LogP contribution in [0.25, 0.3) is 0 Å². The van der Waals surface area contributed by atoms with E-state index in [-0.39, 0.29) is 12.4 Å². The Balaban J connectivity index is 1.85. The van der Waals surface area contributed by atoms with Gasteiger partial charge in [-0.3, -0.25) is 4.79 Å². The summed E-state index contributed by atoms with van der Waals surface area (Å²) in [5.41, 5.74) is 0.644. The molecule has 2 aromatic carbocycles. The molecule has 0 spiro atoms. The molecule has 21 heavy (non-hydrogen) atoms. The van der Waals surface area contributed by atoms with Gasteiger partial charge in [0.05, 0.1) is 12.7 Å². The summed E-state index contributed by atoms with van der Waals surface area (Å²) in [5, 5.41) is 2.67. The number of anilines is 1. The van der Waals surface area contributed by atoms with Crippen LogP contribution in [0.3, 0.4) is 0 Å². The predicted octanol–water partition coefficient (Wildman–Crippen LogP) is 2.82. The van der Waals surface area contributed by atoms with E-state index in [9.17, 15) is 9.18 Å². The smallest absolute Gasteiger partial charge is 0.259 e. The van der Waals surface area contributed by atoms with Crippen molar-refractivity contribution in [1.29, 1.82) is 0 Å². The van der Waals surface area contributed by atoms with Gasteiger partial charge in [0.1, 0.15) is 11.6 Å². The molecule has 1 amide bonds. The van der Waals surface area contributed by atoms with Gasteiger partial charge < -0.3 is 19.5 Å². The zero-order valence-corrected chi connectivity index (χ0v) is 11.2. The van der Waals surface area contributed by atoms with E-state index in [1.807, 2.05) is 0 Å². The molecule has 0 unspecified atom stereocenters. The van der Waals surface area contributed by atoms with E-state index in [2.05, 4.69) is 5.32 Å². The van der Waals surface area contributed by atoms with Gasteiger partial charge in [-0.15, -0.1) is 0 Å². The molecule has 0 atom stereocenters. The van der Waals surface area contributed by atoms with E-state index < -0.39 is 11.7 Å². The van der Waals surface area contributed by atoms with Crippen molar-refractivity contribution < 1.29 is 23.4 Å². The average molecular weight is 289 g/mol. The third-order valence-corrected chi connectivity index (χ3v) is 3.04. The number of amides is 1. The fourth-order valence-electron chi connectivity index (χ4n) is 2.03. The van der Waals surface area contributed by atoms with E-state index in [4.69, 9.17) is 14.2 Å². The van der Waals surface area contributed by atoms with E-state index in [0.717, 1.165) is 6.07 Å². The van der Waals surface area contributed by atoms with Gasteiger partial charge in [-0.1, -0.05) is 0 Å². The number of halogens is 1. The van der Waals surface area contributed by atoms with Crippen molar-refractivity contribution >= 4 is 11.6 Å². The van der Waals surface area contributed by atoms with E-state index in [1.165, 1.54) is 19.2 Å². The number of benzene rings is 2. The maximum Gasteiger partial charge on any atom is 0.259 e. The lowest BCUT2D eigenvalue weighted by molar-refractivity contribution is 0.102. The van der Waals surface area contributed by atoms with E-state index in [1.54, 1.807) is 18.2 Å². The summed E-state index contributed by atoms with van der Waals surface area (Å²) in [6.07, 6.45) is 0. The highest BCUT2D eigenvalue weighted by molar-refractivity contribution is 6.06. The first-order valence-electron chi connectivity index (χ1n) is 6.22. The van der Waals surface area contributed by atoms with Gasteiger partial charge in [0.2, 0.25) is 6.79 Å². The Bertz CT molecular complexity index is 702. The number of rotatable bonds is 3. The van der Waals surface area contributed by atoms with Crippen molar-refractivity contribution in [1.82, 2.24) is 0 Å². The van der Waals surface area contributed by atoms with Gasteiger partial charge >= 0.3 is 0 Å². The molecule has 0 saturated heterocycles. The first-order valence-corrected chi connectivity index (χ1v) is 6.22. The minimum Gasteiger partial charge on any atom is -0.496 e. The Labute approximate surface area is 120 Å². The van der Waals surface area contributed by atoms with Crippen LogP contribution in [0.2, 0.25) is 0 Å². The van der Waals surface area contributed by atoms with Crippen LogP contribution in [0.5, 0.6) is 17.2 Å². The van der Waals surface area contributed by atoms with Gasteiger partial charge in [-0.25, -0.2) is 4.39 Å². The lowest BCUT2D eigenvalue weighted by atomic mass is 10.1. The predicted molar refractivity (Wildman–Crippen MR) is 73.5 cm³/mol. The van der Waals surface area contributed by atoms with Crippen molar-refractivity contribution in [2.45, 2.75) is 0 Å². The first-order chi connectivity index (χ1) is 10.2. The van der Waals surface area contributed by atoms with Crippen LogP contribution in [0.1, 0.15) is 10.4 Å². The lowest BCUT2D eigenvalue weighted by Crippen LogP contribution is -2.13. The number of methoxy groups -OCH3 is 1. The van der Waals surface area contributed by atoms with Crippen LogP contribution in [0, 0.1) is 5.82 Å². The summed E-state index contributed by atoms with van der Waals surface area (Å²) in [7, 11) is 1.42. The molecule has 6 heteroatoms. The van der Waals surface area contributed by atoms with Crippen LogP contribution in [-0.2, 0) is 0 Å². The van der Waals surface area contributed by atoms with Gasteiger partial charge in [0.25, 0.3) is 5.91 Å². The number of hydrogen-bond donors (Lipinski definition) is 1. The fourth-order valence-corrected chi connectivity index (χ4v) is 2.03. The molecule has 1 aliphatic rings. The van der Waals surface area contributed by atoms with E-state index >= 15 is 0 Å². The van der Waals surface area contributed by atoms with E-state index in [0.29, 0.717) is 22.9 Å². The van der Waals surface area contributed by atoms with Gasteiger partial charge in [0, 0.05) is 11.8 Å². The van der Waals surface area contributed by atoms with Crippen molar-refractivity contribution in [3.8, 4) is 17.2 Å². The highest BCUT2D eigenvalue weighted by atomic mass is 19.1. The average Bonchev–Trinajstić information content (AvgIpc) is 2.94. The fraction of sp³-hybridized carbons (Fsp3) is 0.133. The molecule has 0 fully saturated rings. The molecule has 0 aromatic heterocycles. The molecule has 0 radical (unpaired) electrons. The largest absolute Gasteiger partial charge is 0.496 e. The molecule has 0 aliphatic carbocycles. The number of carbonyl (C=O) groups is 1. The summed E-state index contributed by atoms with van der Waals surface area (Å²) in [5.74, 6) is 0.502. The van der Waals surface area contributed by atoms with Crippen LogP contribution in [0.15, 0.2) is 36.4 Å². The molecule has 3 rings (SSSR count). The summed E-state index contributed by atoms with van der Waals surface area (Å²) in [6, 6.07) is 8.78. The SMILES string of the molecule is COc1ccc(F)cc1C(=O)Nc1ccc2c(c1)OCO2. The summed E-state index contributed by atoms with van der Waals surface area (Å²) in [4.78, 5) is 12.2. The summed E-state index contributed by atoms with van der Waals surface area (Å²) < 4.78 is 28.8. The van der Waals surface area contributed by atoms with Crippen molar-refractivity contribution in [2.24, 2.45) is 0 Å². The molecule has 5 nitrogen and oxygen atoms in total. The molecule has 2 aromatic rings. The van der Waals surface area contributed by atoms with Crippen LogP contribution < -0.4 is 19.5 Å². The second-order valence-corrected chi connectivity index (χ2v) is 4.37. The molecule has 0 saturated carbocycles. The highest BCUT2D eigenvalue weighted by Crippen LogP contribution is 2.34. The maximum absolute atomic E-state index is 13.3. The minimum absolute atomic E-state index is 0.121. The second-order valence-electron chi connectivity index (χ2n) is 4.37. The minimum atomic E-state index is -0.508. The van der Waals surface area contributed by atoms with Crippen molar-refractivity contribution in [3.05, 3.63) is 47.8 Å². The number of ether oxygens (including phenoxy) is 3. The third-order valence-electron chi connectivity index (χ3n) is 3.04.